The van der Waals surface area contributed by atoms with Crippen LogP contribution >= 0.6 is 0 Å². The molecule has 3 aromatic carbocycles. The van der Waals surface area contributed by atoms with Crippen molar-refractivity contribution in [3.05, 3.63) is 151 Å². The summed E-state index contributed by atoms with van der Waals surface area (Å²) in [6.45, 7) is 5.61. The minimum Gasteiger partial charge on any atom is -0.486 e. The predicted octanol–water partition coefficient (Wildman–Crippen LogP) is 9.57. The van der Waals surface area contributed by atoms with Crippen molar-refractivity contribution in [2.24, 2.45) is 5.41 Å². The molecule has 0 saturated heterocycles. The molecule has 4 aromatic heterocycles. The van der Waals surface area contributed by atoms with Gasteiger partial charge in [0.1, 0.15) is 0 Å². The summed E-state index contributed by atoms with van der Waals surface area (Å²) in [5.41, 5.74) is 4.76. The average Bonchev–Trinajstić information content (AvgIpc) is 3.48. The molecule has 1 radical (unpaired) electrons. The molecule has 0 amide bonds. The van der Waals surface area contributed by atoms with Crippen molar-refractivity contribution in [1.29, 1.82) is 0 Å². The van der Waals surface area contributed by atoms with Crippen molar-refractivity contribution in [3.63, 3.8) is 0 Å². The molecule has 7 rings (SSSR count). The number of nitrogens with zero attached hydrogens (tertiary/aromatic N) is 3. The van der Waals surface area contributed by atoms with E-state index in [-0.39, 0.29) is 25.8 Å². The molecule has 221 valence electrons. The number of furan rings is 1. The Hall–Kier alpha value is -4.44. The van der Waals surface area contributed by atoms with Crippen LogP contribution < -0.4 is 0 Å². The monoisotopic (exact) mass is 756 g/mol. The van der Waals surface area contributed by atoms with Crippen molar-refractivity contribution in [3.8, 4) is 22.5 Å². The van der Waals surface area contributed by atoms with Crippen molar-refractivity contribution in [1.82, 2.24) is 15.0 Å². The van der Waals surface area contributed by atoms with E-state index in [1.807, 2.05) is 81.4 Å². The fourth-order valence-electron chi connectivity index (χ4n) is 4.70. The zero-order valence-corrected chi connectivity index (χ0v) is 27.0. The summed E-state index contributed by atoms with van der Waals surface area (Å²) in [4.78, 5) is 13.2. The van der Waals surface area contributed by atoms with E-state index in [2.05, 4.69) is 27.1 Å². The Kier molecular flexibility index (Phi) is 8.21. The molecule has 7 aromatic rings. The zero-order chi connectivity index (χ0) is 33.2. The molecule has 0 N–H and O–H groups in total. The van der Waals surface area contributed by atoms with E-state index in [0.717, 1.165) is 22.0 Å². The standard InChI is InChI=1S/C28H25N2O.C11H8N.Ir/c1-28(2,3)18-20-14-15-29-25(17-20)24-11-7-10-22-23-13-12-21(30-27(23)31-26(22)24)16-19-8-5-4-6-9-19;1-2-6-10(7-3-1)11-8-4-5-9-12-11;/h4-10,12-15,17H,16,18H2,1-3H3;1-6,8-9H;/q2*-1;/i16D2,18D2;;. The van der Waals surface area contributed by atoms with E-state index in [1.54, 1.807) is 60.9 Å². The Labute approximate surface area is 278 Å². The first-order valence-electron chi connectivity index (χ1n) is 16.1. The molecule has 0 saturated carbocycles. The normalized spacial score (nSPS) is 13.1. The largest absolute Gasteiger partial charge is 0.486 e. The Morgan fingerprint density at radius 3 is 2.27 bits per heavy atom. The van der Waals surface area contributed by atoms with Crippen molar-refractivity contribution in [2.75, 3.05) is 0 Å². The molecule has 44 heavy (non-hydrogen) atoms. The summed E-state index contributed by atoms with van der Waals surface area (Å²) < 4.78 is 40.7. The molecule has 0 aliphatic heterocycles. The van der Waals surface area contributed by atoms with Gasteiger partial charge in [-0.25, -0.2) is 4.98 Å². The number of hydrogen-bond acceptors (Lipinski definition) is 4. The fraction of sp³-hybridized carbons (Fsp3) is 0.154. The van der Waals surface area contributed by atoms with Gasteiger partial charge in [0.05, 0.1) is 5.58 Å². The van der Waals surface area contributed by atoms with Gasteiger partial charge in [-0.15, -0.1) is 54.1 Å². The second-order valence-corrected chi connectivity index (χ2v) is 11.0. The van der Waals surface area contributed by atoms with Gasteiger partial charge in [0.2, 0.25) is 5.71 Å². The molecule has 0 atom stereocenters. The number of aromatic nitrogens is 3. The van der Waals surface area contributed by atoms with Crippen LogP contribution in [0.3, 0.4) is 0 Å². The number of hydrogen-bond donors (Lipinski definition) is 0. The summed E-state index contributed by atoms with van der Waals surface area (Å²) in [6.07, 6.45) is 0.0498. The van der Waals surface area contributed by atoms with Crippen molar-refractivity contribution >= 4 is 22.1 Å². The van der Waals surface area contributed by atoms with Crippen molar-refractivity contribution in [2.45, 2.75) is 33.5 Å². The second-order valence-electron chi connectivity index (χ2n) is 11.0. The van der Waals surface area contributed by atoms with Crippen LogP contribution in [0.5, 0.6) is 0 Å². The van der Waals surface area contributed by atoms with Gasteiger partial charge in [0.15, 0.2) is 0 Å². The van der Waals surface area contributed by atoms with E-state index in [9.17, 15) is 0 Å². The van der Waals surface area contributed by atoms with E-state index in [4.69, 9.17) is 9.90 Å². The van der Waals surface area contributed by atoms with Gasteiger partial charge in [-0.3, -0.25) is 0 Å². The minimum atomic E-state index is -1.78. The smallest absolute Gasteiger partial charge is 0.216 e. The minimum absolute atomic E-state index is 0. The molecule has 4 heterocycles. The van der Waals surface area contributed by atoms with E-state index in [0.29, 0.717) is 33.7 Å². The Morgan fingerprint density at radius 1 is 0.727 bits per heavy atom. The number of pyridine rings is 3. The molecule has 0 fully saturated rings. The van der Waals surface area contributed by atoms with Gasteiger partial charge in [-0.05, 0) is 53.0 Å². The summed E-state index contributed by atoms with van der Waals surface area (Å²) in [5.74, 6) is 0. The van der Waals surface area contributed by atoms with E-state index in [1.165, 1.54) is 0 Å². The van der Waals surface area contributed by atoms with Gasteiger partial charge in [0.25, 0.3) is 0 Å². The average molecular weight is 756 g/mol. The first-order valence-corrected chi connectivity index (χ1v) is 14.1. The first-order chi connectivity index (χ1) is 22.5. The third-order valence-corrected chi connectivity index (χ3v) is 6.53. The summed E-state index contributed by atoms with van der Waals surface area (Å²) in [6, 6.07) is 39.6. The van der Waals surface area contributed by atoms with Crippen molar-refractivity contribution < 1.29 is 30.0 Å². The summed E-state index contributed by atoms with van der Waals surface area (Å²) in [7, 11) is 0. The van der Waals surface area contributed by atoms with E-state index < -0.39 is 18.2 Å². The maximum Gasteiger partial charge on any atom is 0.216 e. The van der Waals surface area contributed by atoms with Gasteiger partial charge in [-0.1, -0.05) is 85.8 Å². The Bertz CT molecular complexity index is 2090. The Balaban J connectivity index is 0.000000291. The number of benzene rings is 3. The van der Waals surface area contributed by atoms with Gasteiger partial charge >= 0.3 is 0 Å². The van der Waals surface area contributed by atoms with Gasteiger partial charge in [-0.2, -0.15) is 0 Å². The van der Waals surface area contributed by atoms with Gasteiger partial charge < -0.3 is 14.4 Å². The zero-order valence-electron chi connectivity index (χ0n) is 28.6. The maximum atomic E-state index is 8.64. The summed E-state index contributed by atoms with van der Waals surface area (Å²) >= 11 is 0. The van der Waals surface area contributed by atoms with Crippen LogP contribution in [-0.2, 0) is 32.9 Å². The van der Waals surface area contributed by atoms with E-state index >= 15 is 0 Å². The quantitative estimate of drug-likeness (QED) is 0.164. The number of rotatable bonds is 5. The molecule has 4 nitrogen and oxygen atoms in total. The van der Waals surface area contributed by atoms with Crippen LogP contribution in [0.4, 0.5) is 0 Å². The third-order valence-electron chi connectivity index (χ3n) is 6.53. The topological polar surface area (TPSA) is 51.8 Å². The number of fused-ring (bicyclic) bond motifs is 3. The third kappa shape index (κ3) is 7.55. The molecular formula is C39H33IrN3O-2. The van der Waals surface area contributed by atoms with Crippen LogP contribution in [0.15, 0.2) is 126 Å². The molecule has 0 aliphatic rings. The second kappa shape index (κ2) is 13.9. The molecule has 0 bridgehead atoms. The predicted molar refractivity (Wildman–Crippen MR) is 174 cm³/mol. The van der Waals surface area contributed by atoms with Gasteiger partial charge in [0, 0.05) is 55.4 Å². The van der Waals surface area contributed by atoms with Crippen LogP contribution in [0.2, 0.25) is 0 Å². The fourth-order valence-corrected chi connectivity index (χ4v) is 4.70. The summed E-state index contributed by atoms with van der Waals surface area (Å²) in [5, 5.41) is 1.59. The first kappa shape index (κ1) is 26.0. The van der Waals surface area contributed by atoms with Crippen LogP contribution in [0, 0.1) is 17.5 Å². The molecule has 5 heteroatoms. The van der Waals surface area contributed by atoms with Crippen LogP contribution in [0.1, 0.15) is 43.1 Å². The Morgan fingerprint density at radius 2 is 1.52 bits per heavy atom. The maximum absolute atomic E-state index is 8.64. The molecule has 0 aliphatic carbocycles. The SMILES string of the molecule is [2H]C([2H])(c1ccccc1)c1ccc2c(n1)oc1c(-c3cc(C([2H])([2H])C(C)(C)C)ccn3)[c-]ccc12.[Ir].[c-]1ccccc1-c1ccccn1. The molecule has 0 unspecified atom stereocenters. The molecular weight excluding hydrogens is 719 g/mol. The molecule has 0 spiro atoms. The van der Waals surface area contributed by atoms with Crippen LogP contribution in [-0.4, -0.2) is 15.0 Å². The van der Waals surface area contributed by atoms with Crippen LogP contribution in [0.25, 0.3) is 44.6 Å².